The fraction of sp³-hybridized carbons (Fsp3) is 0.556. The van der Waals surface area contributed by atoms with Crippen LogP contribution in [0, 0.1) is 18.3 Å². The third-order valence-electron chi connectivity index (χ3n) is 2.17. The van der Waals surface area contributed by atoms with Crippen molar-refractivity contribution >= 4 is 11.8 Å². The van der Waals surface area contributed by atoms with Gasteiger partial charge >= 0.3 is 0 Å². The number of hydrogen-bond acceptors (Lipinski definition) is 4. The van der Waals surface area contributed by atoms with Crippen LogP contribution in [0.15, 0.2) is 5.03 Å². The van der Waals surface area contributed by atoms with Gasteiger partial charge in [0.25, 0.3) is 0 Å². The van der Waals surface area contributed by atoms with E-state index in [1.807, 2.05) is 14.0 Å². The zero-order valence-electron chi connectivity index (χ0n) is 8.15. The van der Waals surface area contributed by atoms with Crippen molar-refractivity contribution in [2.24, 2.45) is 7.05 Å². The van der Waals surface area contributed by atoms with Crippen molar-refractivity contribution in [1.82, 2.24) is 9.78 Å². The van der Waals surface area contributed by atoms with E-state index in [1.165, 1.54) is 0 Å². The first-order chi connectivity index (χ1) is 6.72. The Balaban J connectivity index is 2.26. The molecule has 1 aromatic rings. The first-order valence-corrected chi connectivity index (χ1v) is 5.28. The molecule has 0 unspecified atom stereocenters. The molecule has 2 heterocycles. The van der Waals surface area contributed by atoms with E-state index >= 15 is 0 Å². The van der Waals surface area contributed by atoms with Crippen molar-refractivity contribution in [2.45, 2.75) is 17.2 Å². The summed E-state index contributed by atoms with van der Waals surface area (Å²) < 4.78 is 6.87. The van der Waals surface area contributed by atoms with Crippen LogP contribution in [-0.4, -0.2) is 28.2 Å². The lowest BCUT2D eigenvalue weighted by Gasteiger charge is -2.24. The van der Waals surface area contributed by atoms with Crippen LogP contribution in [0.5, 0.6) is 0 Å². The number of aromatic nitrogens is 2. The molecule has 0 amide bonds. The monoisotopic (exact) mass is 209 g/mol. The highest BCUT2D eigenvalue weighted by atomic mass is 32.2. The second-order valence-electron chi connectivity index (χ2n) is 3.28. The normalized spacial score (nSPS) is 16.4. The SMILES string of the molecule is Cc1nn(C)c(SC2COC2)c1C#N. The topological polar surface area (TPSA) is 50.8 Å². The molecule has 0 saturated carbocycles. The second-order valence-corrected chi connectivity index (χ2v) is 4.57. The molecule has 0 aromatic carbocycles. The molecule has 1 aliphatic rings. The Kier molecular flexibility index (Phi) is 2.48. The maximum atomic E-state index is 8.97. The lowest BCUT2D eigenvalue weighted by atomic mass is 10.3. The molecule has 1 aliphatic heterocycles. The maximum Gasteiger partial charge on any atom is 0.112 e. The lowest BCUT2D eigenvalue weighted by Crippen LogP contribution is -2.30. The van der Waals surface area contributed by atoms with Gasteiger partial charge in [0.1, 0.15) is 16.7 Å². The minimum Gasteiger partial charge on any atom is -0.379 e. The Morgan fingerprint density at radius 3 is 2.86 bits per heavy atom. The van der Waals surface area contributed by atoms with E-state index in [1.54, 1.807) is 16.4 Å². The summed E-state index contributed by atoms with van der Waals surface area (Å²) in [6.45, 7) is 3.42. The van der Waals surface area contributed by atoms with Gasteiger partial charge in [-0.25, -0.2) is 0 Å². The fourth-order valence-corrected chi connectivity index (χ4v) is 2.49. The van der Waals surface area contributed by atoms with E-state index in [4.69, 9.17) is 10.00 Å². The van der Waals surface area contributed by atoms with Crippen LogP contribution in [0.2, 0.25) is 0 Å². The van der Waals surface area contributed by atoms with Crippen LogP contribution in [0.1, 0.15) is 11.3 Å². The minimum absolute atomic E-state index is 0.483. The summed E-state index contributed by atoms with van der Waals surface area (Å²) in [5.74, 6) is 0. The van der Waals surface area contributed by atoms with Gasteiger partial charge in [-0.1, -0.05) is 11.8 Å². The third kappa shape index (κ3) is 1.51. The fourth-order valence-electron chi connectivity index (χ4n) is 1.34. The molecule has 0 aliphatic carbocycles. The standard InChI is InChI=1S/C9H11N3OS/c1-6-8(3-10)9(12(2)11-6)14-7-4-13-5-7/h7H,4-5H2,1-2H3. The average Bonchev–Trinajstić information content (AvgIpc) is 2.33. The number of nitrogens with zero attached hydrogens (tertiary/aromatic N) is 3. The third-order valence-corrected chi connectivity index (χ3v) is 3.46. The number of thioether (sulfide) groups is 1. The largest absolute Gasteiger partial charge is 0.379 e. The molecular formula is C9H11N3OS. The Hall–Kier alpha value is -0.990. The Labute approximate surface area is 86.9 Å². The summed E-state index contributed by atoms with van der Waals surface area (Å²) in [5.41, 5.74) is 1.50. The highest BCUT2D eigenvalue weighted by Gasteiger charge is 2.24. The Morgan fingerprint density at radius 1 is 1.64 bits per heavy atom. The number of aryl methyl sites for hydroxylation is 2. The summed E-state index contributed by atoms with van der Waals surface area (Å²) in [4.78, 5) is 0. The summed E-state index contributed by atoms with van der Waals surface area (Å²) in [5, 5.41) is 14.6. The van der Waals surface area contributed by atoms with Gasteiger partial charge in [-0.3, -0.25) is 4.68 Å². The van der Waals surface area contributed by atoms with E-state index < -0.39 is 0 Å². The zero-order chi connectivity index (χ0) is 10.1. The molecule has 0 bridgehead atoms. The first kappa shape index (κ1) is 9.56. The van der Waals surface area contributed by atoms with Gasteiger partial charge in [0.15, 0.2) is 0 Å². The summed E-state index contributed by atoms with van der Waals surface area (Å²) in [6, 6.07) is 2.19. The molecule has 1 aromatic heterocycles. The van der Waals surface area contributed by atoms with E-state index in [9.17, 15) is 0 Å². The van der Waals surface area contributed by atoms with E-state index in [0.717, 1.165) is 23.9 Å². The lowest BCUT2D eigenvalue weighted by molar-refractivity contribution is 0.0454. The quantitative estimate of drug-likeness (QED) is 0.731. The number of ether oxygens (including phenoxy) is 1. The predicted octanol–water partition coefficient (Wildman–Crippen LogP) is 1.09. The van der Waals surface area contributed by atoms with Gasteiger partial charge in [0, 0.05) is 7.05 Å². The van der Waals surface area contributed by atoms with Crippen molar-refractivity contribution < 1.29 is 4.74 Å². The van der Waals surface area contributed by atoms with Crippen molar-refractivity contribution in [3.05, 3.63) is 11.3 Å². The van der Waals surface area contributed by atoms with Crippen molar-refractivity contribution in [1.29, 1.82) is 5.26 Å². The smallest absolute Gasteiger partial charge is 0.112 e. The van der Waals surface area contributed by atoms with Crippen LogP contribution in [0.3, 0.4) is 0 Å². The molecule has 4 nitrogen and oxygen atoms in total. The molecular weight excluding hydrogens is 198 g/mol. The molecule has 74 valence electrons. The van der Waals surface area contributed by atoms with E-state index in [0.29, 0.717) is 10.8 Å². The van der Waals surface area contributed by atoms with Crippen molar-refractivity contribution in [3.63, 3.8) is 0 Å². The van der Waals surface area contributed by atoms with Gasteiger partial charge < -0.3 is 4.74 Å². The van der Waals surface area contributed by atoms with Gasteiger partial charge in [-0.05, 0) is 6.92 Å². The molecule has 14 heavy (non-hydrogen) atoms. The van der Waals surface area contributed by atoms with Crippen LogP contribution in [-0.2, 0) is 11.8 Å². The van der Waals surface area contributed by atoms with Crippen LogP contribution in [0.25, 0.3) is 0 Å². The Bertz CT molecular complexity index is 389. The first-order valence-electron chi connectivity index (χ1n) is 4.40. The number of hydrogen-bond donors (Lipinski definition) is 0. The van der Waals surface area contributed by atoms with Gasteiger partial charge in [-0.15, -0.1) is 0 Å². The molecule has 0 N–H and O–H groups in total. The summed E-state index contributed by atoms with van der Waals surface area (Å²) >= 11 is 1.68. The zero-order valence-corrected chi connectivity index (χ0v) is 8.97. The van der Waals surface area contributed by atoms with Gasteiger partial charge in [0.2, 0.25) is 0 Å². The van der Waals surface area contributed by atoms with Crippen LogP contribution < -0.4 is 0 Å². The minimum atomic E-state index is 0.483. The molecule has 2 rings (SSSR count). The predicted molar refractivity (Wildman–Crippen MR) is 53.1 cm³/mol. The van der Waals surface area contributed by atoms with Gasteiger partial charge in [-0.2, -0.15) is 10.4 Å². The van der Waals surface area contributed by atoms with Crippen LogP contribution in [0.4, 0.5) is 0 Å². The molecule has 0 radical (unpaired) electrons. The summed E-state index contributed by atoms with van der Waals surface area (Å²) in [6.07, 6.45) is 0. The molecule has 5 heteroatoms. The average molecular weight is 209 g/mol. The highest BCUT2D eigenvalue weighted by molar-refractivity contribution is 8.00. The molecule has 0 spiro atoms. The number of rotatable bonds is 2. The van der Waals surface area contributed by atoms with E-state index in [-0.39, 0.29) is 0 Å². The van der Waals surface area contributed by atoms with Gasteiger partial charge in [0.05, 0.1) is 24.2 Å². The number of nitriles is 1. The molecule has 1 fully saturated rings. The highest BCUT2D eigenvalue weighted by Crippen LogP contribution is 2.31. The van der Waals surface area contributed by atoms with Crippen molar-refractivity contribution in [2.75, 3.05) is 13.2 Å². The maximum absolute atomic E-state index is 8.97. The summed E-state index contributed by atoms with van der Waals surface area (Å²) in [7, 11) is 1.87. The van der Waals surface area contributed by atoms with E-state index in [2.05, 4.69) is 11.2 Å². The molecule has 0 atom stereocenters. The Morgan fingerprint density at radius 2 is 2.36 bits per heavy atom. The second kappa shape index (κ2) is 3.64. The van der Waals surface area contributed by atoms with Crippen molar-refractivity contribution in [3.8, 4) is 6.07 Å². The van der Waals surface area contributed by atoms with Crippen LogP contribution >= 0.6 is 11.8 Å². The molecule has 1 saturated heterocycles.